The van der Waals surface area contributed by atoms with Gasteiger partial charge in [-0.15, -0.1) is 0 Å². The van der Waals surface area contributed by atoms with Crippen molar-refractivity contribution in [3.05, 3.63) is 58.1 Å². The highest BCUT2D eigenvalue weighted by Gasteiger charge is 2.11. The fraction of sp³-hybridized carbons (Fsp3) is 0.333. The summed E-state index contributed by atoms with van der Waals surface area (Å²) in [4.78, 5) is 10.9. The largest absolute Gasteiger partial charge is 0.487 e. The van der Waals surface area contributed by atoms with Crippen molar-refractivity contribution in [1.82, 2.24) is 4.90 Å². The Labute approximate surface area is 161 Å². The Bertz CT molecular complexity index is 798. The van der Waals surface area contributed by atoms with Gasteiger partial charge in [0.15, 0.2) is 0 Å². The van der Waals surface area contributed by atoms with Gasteiger partial charge in [-0.05, 0) is 50.6 Å². The molecule has 0 saturated carbocycles. The van der Waals surface area contributed by atoms with Crippen LogP contribution < -0.4 is 4.74 Å². The van der Waals surface area contributed by atoms with E-state index in [1.807, 2.05) is 55.3 Å². The minimum absolute atomic E-state index is 0.387. The lowest BCUT2D eigenvalue weighted by molar-refractivity contribution is 0.376. The van der Waals surface area contributed by atoms with E-state index in [1.165, 1.54) is 5.56 Å². The van der Waals surface area contributed by atoms with Gasteiger partial charge in [-0.25, -0.2) is 4.99 Å². The van der Waals surface area contributed by atoms with Gasteiger partial charge in [0.05, 0.1) is 22.8 Å². The average molecular weight is 372 g/mol. The van der Waals surface area contributed by atoms with Gasteiger partial charge in [-0.3, -0.25) is 4.99 Å². The molecule has 0 aliphatic carbocycles. The standard InChI is InChI=1S/C21H26ClN3O/c1-6-25(5)14-24-20-11-16(3)18(12-19(20)22)21(23-4)13-26-17-9-7-15(2)8-10-17/h7-12,14H,6,13H2,1-5H3. The molecule has 5 heteroatoms. The molecule has 2 rings (SSSR count). The molecule has 0 aliphatic rings. The molecule has 0 heterocycles. The van der Waals surface area contributed by atoms with E-state index < -0.39 is 0 Å². The molecule has 4 nitrogen and oxygen atoms in total. The predicted octanol–water partition coefficient (Wildman–Crippen LogP) is 5.07. The van der Waals surface area contributed by atoms with Crippen LogP contribution in [0.4, 0.5) is 5.69 Å². The van der Waals surface area contributed by atoms with E-state index in [2.05, 4.69) is 23.8 Å². The highest BCUT2D eigenvalue weighted by atomic mass is 35.5. The third-order valence-corrected chi connectivity index (χ3v) is 4.47. The van der Waals surface area contributed by atoms with E-state index in [0.717, 1.165) is 34.8 Å². The topological polar surface area (TPSA) is 37.2 Å². The number of halogens is 1. The smallest absolute Gasteiger partial charge is 0.130 e. The lowest BCUT2D eigenvalue weighted by Gasteiger charge is -2.13. The van der Waals surface area contributed by atoms with Crippen LogP contribution in [0.25, 0.3) is 0 Å². The third-order valence-electron chi connectivity index (χ3n) is 4.16. The fourth-order valence-corrected chi connectivity index (χ4v) is 2.58. The van der Waals surface area contributed by atoms with Crippen molar-refractivity contribution in [3.8, 4) is 5.75 Å². The average Bonchev–Trinajstić information content (AvgIpc) is 2.64. The Morgan fingerprint density at radius 2 is 1.88 bits per heavy atom. The molecule has 0 unspecified atom stereocenters. The number of ether oxygens (including phenoxy) is 1. The van der Waals surface area contributed by atoms with Crippen molar-refractivity contribution >= 4 is 29.3 Å². The molecule has 0 aliphatic heterocycles. The van der Waals surface area contributed by atoms with E-state index in [1.54, 1.807) is 13.4 Å². The molecule has 0 amide bonds. The first-order valence-corrected chi connectivity index (χ1v) is 9.02. The van der Waals surface area contributed by atoms with Gasteiger partial charge in [-0.2, -0.15) is 0 Å². The summed E-state index contributed by atoms with van der Waals surface area (Å²) in [6.07, 6.45) is 1.79. The van der Waals surface area contributed by atoms with Gasteiger partial charge >= 0.3 is 0 Å². The molecule has 0 fully saturated rings. The Hall–Kier alpha value is -2.33. The summed E-state index contributed by atoms with van der Waals surface area (Å²) in [5, 5.41) is 0.600. The molecule has 26 heavy (non-hydrogen) atoms. The quantitative estimate of drug-likeness (QED) is 0.503. The lowest BCUT2D eigenvalue weighted by atomic mass is 10.0. The zero-order valence-electron chi connectivity index (χ0n) is 16.1. The summed E-state index contributed by atoms with van der Waals surface area (Å²) in [6, 6.07) is 11.9. The van der Waals surface area contributed by atoms with Gasteiger partial charge in [0.1, 0.15) is 12.4 Å². The number of hydrogen-bond acceptors (Lipinski definition) is 3. The molecule has 0 saturated heterocycles. The summed E-state index contributed by atoms with van der Waals surface area (Å²) in [5.74, 6) is 0.823. The van der Waals surface area contributed by atoms with Crippen LogP contribution >= 0.6 is 11.6 Å². The van der Waals surface area contributed by atoms with E-state index in [4.69, 9.17) is 16.3 Å². The number of benzene rings is 2. The molecule has 0 spiro atoms. The predicted molar refractivity (Wildman–Crippen MR) is 112 cm³/mol. The van der Waals surface area contributed by atoms with Crippen LogP contribution in [0.3, 0.4) is 0 Å². The first-order valence-electron chi connectivity index (χ1n) is 8.64. The van der Waals surface area contributed by atoms with Crippen LogP contribution in [0.15, 0.2) is 46.4 Å². The zero-order valence-corrected chi connectivity index (χ0v) is 16.8. The van der Waals surface area contributed by atoms with Crippen LogP contribution in [0.5, 0.6) is 5.75 Å². The molecule has 0 aromatic heterocycles. The van der Waals surface area contributed by atoms with Crippen molar-refractivity contribution in [1.29, 1.82) is 0 Å². The van der Waals surface area contributed by atoms with Gasteiger partial charge in [0, 0.05) is 26.2 Å². The molecule has 0 atom stereocenters. The van der Waals surface area contributed by atoms with Crippen LogP contribution in [-0.4, -0.2) is 44.2 Å². The summed E-state index contributed by atoms with van der Waals surface area (Å²) in [7, 11) is 3.74. The molecular formula is C21H26ClN3O. The number of rotatable bonds is 7. The fourth-order valence-electron chi connectivity index (χ4n) is 2.37. The Morgan fingerprint density at radius 1 is 1.19 bits per heavy atom. The second kappa shape index (κ2) is 9.39. The maximum atomic E-state index is 6.44. The van der Waals surface area contributed by atoms with E-state index in [0.29, 0.717) is 11.6 Å². The van der Waals surface area contributed by atoms with Crippen LogP contribution in [-0.2, 0) is 0 Å². The Kier molecular flexibility index (Phi) is 7.22. The van der Waals surface area contributed by atoms with E-state index >= 15 is 0 Å². The SMILES string of the molecule is CCN(C)C=Nc1cc(C)c(C(COc2ccc(C)cc2)=NC)cc1Cl. The monoisotopic (exact) mass is 371 g/mol. The number of aryl methyl sites for hydroxylation is 2. The molecule has 0 bridgehead atoms. The molecular weight excluding hydrogens is 346 g/mol. The highest BCUT2D eigenvalue weighted by molar-refractivity contribution is 6.33. The van der Waals surface area contributed by atoms with Crippen molar-refractivity contribution in [2.45, 2.75) is 20.8 Å². The van der Waals surface area contributed by atoms with Gasteiger partial charge in [0.2, 0.25) is 0 Å². The Morgan fingerprint density at radius 3 is 2.50 bits per heavy atom. The number of hydrogen-bond donors (Lipinski definition) is 0. The summed E-state index contributed by atoms with van der Waals surface area (Å²) in [6.45, 7) is 7.43. The summed E-state index contributed by atoms with van der Waals surface area (Å²) < 4.78 is 5.88. The Balaban J connectivity index is 2.18. The minimum Gasteiger partial charge on any atom is -0.487 e. The molecule has 0 radical (unpaired) electrons. The maximum Gasteiger partial charge on any atom is 0.130 e. The molecule has 138 valence electrons. The first kappa shape index (κ1) is 20.0. The highest BCUT2D eigenvalue weighted by Crippen LogP contribution is 2.29. The number of aliphatic imine (C=N–C) groups is 2. The maximum absolute atomic E-state index is 6.44. The zero-order chi connectivity index (χ0) is 19.1. The van der Waals surface area contributed by atoms with Crippen molar-refractivity contribution in [3.63, 3.8) is 0 Å². The second-order valence-electron chi connectivity index (χ2n) is 6.21. The third kappa shape index (κ3) is 5.33. The van der Waals surface area contributed by atoms with Crippen molar-refractivity contribution in [2.24, 2.45) is 9.98 Å². The van der Waals surface area contributed by atoms with Crippen LogP contribution in [0, 0.1) is 13.8 Å². The van der Waals surface area contributed by atoms with Crippen LogP contribution in [0.2, 0.25) is 5.02 Å². The summed E-state index contributed by atoms with van der Waals surface area (Å²) >= 11 is 6.44. The van der Waals surface area contributed by atoms with Gasteiger partial charge < -0.3 is 9.64 Å². The lowest BCUT2D eigenvalue weighted by Crippen LogP contribution is -2.15. The molecule has 0 N–H and O–H groups in total. The van der Waals surface area contributed by atoms with Crippen molar-refractivity contribution < 1.29 is 4.74 Å². The first-order chi connectivity index (χ1) is 12.4. The molecule has 2 aromatic carbocycles. The normalized spacial score (nSPS) is 11.8. The van der Waals surface area contributed by atoms with Gasteiger partial charge in [0.25, 0.3) is 0 Å². The molecule has 2 aromatic rings. The van der Waals surface area contributed by atoms with Crippen molar-refractivity contribution in [2.75, 3.05) is 27.2 Å². The van der Waals surface area contributed by atoms with E-state index in [9.17, 15) is 0 Å². The van der Waals surface area contributed by atoms with Gasteiger partial charge in [-0.1, -0.05) is 29.3 Å². The van der Waals surface area contributed by atoms with Crippen LogP contribution in [0.1, 0.15) is 23.6 Å². The second-order valence-corrected chi connectivity index (χ2v) is 6.62. The minimum atomic E-state index is 0.387. The number of nitrogens with zero attached hydrogens (tertiary/aromatic N) is 3. The van der Waals surface area contributed by atoms with E-state index in [-0.39, 0.29) is 0 Å². The summed E-state index contributed by atoms with van der Waals surface area (Å²) in [5.41, 5.74) is 4.85.